The number of nitrogen functional groups attached to an aromatic ring is 1. The lowest BCUT2D eigenvalue weighted by Gasteiger charge is -2.08. The first kappa shape index (κ1) is 8.40. The fourth-order valence-electron chi connectivity index (χ4n) is 0.748. The van der Waals surface area contributed by atoms with E-state index in [2.05, 4.69) is 17.9 Å². The number of thiol groups is 1. The van der Waals surface area contributed by atoms with Crippen LogP contribution in [0.15, 0.2) is 17.0 Å². The van der Waals surface area contributed by atoms with Crippen LogP contribution >= 0.6 is 12.6 Å². The van der Waals surface area contributed by atoms with Crippen LogP contribution in [-0.4, -0.2) is 15.8 Å². The fraction of sp³-hybridized carbons (Fsp3) is 0. The minimum atomic E-state index is 0.516. The summed E-state index contributed by atoms with van der Waals surface area (Å²) in [6.07, 6.45) is 0. The summed E-state index contributed by atoms with van der Waals surface area (Å²) in [7, 11) is 10.7. The Balaban J connectivity index is 3.21. The quantitative estimate of drug-likeness (QED) is 0.303. The summed E-state index contributed by atoms with van der Waals surface area (Å²) < 4.78 is 0. The molecule has 0 heterocycles. The van der Waals surface area contributed by atoms with Gasteiger partial charge in [0.25, 0.3) is 0 Å². The van der Waals surface area contributed by atoms with Crippen molar-refractivity contribution in [3.63, 3.8) is 0 Å². The van der Waals surface area contributed by atoms with Crippen LogP contribution in [0.4, 0.5) is 11.4 Å². The van der Waals surface area contributed by atoms with Crippen molar-refractivity contribution in [3.05, 3.63) is 12.1 Å². The van der Waals surface area contributed by atoms with Gasteiger partial charge < -0.3 is 11.0 Å². The van der Waals surface area contributed by atoms with Gasteiger partial charge in [-0.1, -0.05) is 5.46 Å². The molecule has 52 valence electrons. The Kier molecular flexibility index (Phi) is 2.39. The zero-order chi connectivity index (χ0) is 8.43. The second kappa shape index (κ2) is 3.13. The van der Waals surface area contributed by atoms with Gasteiger partial charge in [-0.3, -0.25) is 0 Å². The van der Waals surface area contributed by atoms with Crippen LogP contribution in [0.2, 0.25) is 0 Å². The first-order valence-electron chi connectivity index (χ1n) is 2.99. The zero-order valence-electron chi connectivity index (χ0n) is 5.83. The maximum absolute atomic E-state index is 5.54. The SMILES string of the molecule is [B]Nc1cc(S)c(N)cc1[B]. The Hall–Kier alpha value is -0.700. The van der Waals surface area contributed by atoms with E-state index in [9.17, 15) is 0 Å². The van der Waals surface area contributed by atoms with Gasteiger partial charge in [-0.2, -0.15) is 0 Å². The first-order valence-corrected chi connectivity index (χ1v) is 3.44. The van der Waals surface area contributed by atoms with Gasteiger partial charge in [-0.25, -0.2) is 0 Å². The molecule has 11 heavy (non-hydrogen) atoms. The van der Waals surface area contributed by atoms with Gasteiger partial charge in [-0.05, 0) is 12.1 Å². The van der Waals surface area contributed by atoms with E-state index in [1.165, 1.54) is 0 Å². The van der Waals surface area contributed by atoms with Crippen LogP contribution in [0.3, 0.4) is 0 Å². The molecule has 2 nitrogen and oxygen atoms in total. The van der Waals surface area contributed by atoms with Gasteiger partial charge in [-0.15, -0.1) is 12.6 Å². The highest BCUT2D eigenvalue weighted by molar-refractivity contribution is 7.80. The molecule has 0 atom stereocenters. The number of hydrogen-bond donors (Lipinski definition) is 3. The van der Waals surface area contributed by atoms with E-state index in [-0.39, 0.29) is 0 Å². The molecule has 1 aromatic carbocycles. The lowest BCUT2D eigenvalue weighted by atomic mass is 9.93. The molecule has 0 bridgehead atoms. The summed E-state index contributed by atoms with van der Waals surface area (Å²) in [4.78, 5) is 0.659. The fourth-order valence-corrected chi connectivity index (χ4v) is 0.941. The molecule has 1 aromatic rings. The van der Waals surface area contributed by atoms with Gasteiger partial charge in [0.1, 0.15) is 7.85 Å². The number of hydrogen-bond acceptors (Lipinski definition) is 3. The monoisotopic (exact) mass is 160 g/mol. The molecule has 0 aliphatic carbocycles. The minimum absolute atomic E-state index is 0.516. The maximum Gasteiger partial charge on any atom is 0.222 e. The molecule has 0 spiro atoms. The van der Waals surface area contributed by atoms with Crippen molar-refractivity contribution >= 4 is 45.3 Å². The Morgan fingerprint density at radius 2 is 2.09 bits per heavy atom. The molecule has 0 saturated carbocycles. The van der Waals surface area contributed by atoms with Gasteiger partial charge >= 0.3 is 0 Å². The molecule has 3 N–H and O–H groups in total. The van der Waals surface area contributed by atoms with Crippen molar-refractivity contribution in [1.82, 2.24) is 0 Å². The second-order valence-corrected chi connectivity index (χ2v) is 2.62. The minimum Gasteiger partial charge on any atom is -0.438 e. The molecular formula is C6H6B2N2S. The Labute approximate surface area is 73.8 Å². The predicted octanol–water partition coefficient (Wildman–Crippen LogP) is -0.153. The lowest BCUT2D eigenvalue weighted by Crippen LogP contribution is -2.11. The third-order valence-corrected chi connectivity index (χ3v) is 1.74. The summed E-state index contributed by atoms with van der Waals surface area (Å²) in [5.41, 5.74) is 7.21. The zero-order valence-corrected chi connectivity index (χ0v) is 6.73. The van der Waals surface area contributed by atoms with Gasteiger partial charge in [0, 0.05) is 16.3 Å². The van der Waals surface area contributed by atoms with Crippen LogP contribution in [0.1, 0.15) is 0 Å². The number of anilines is 2. The molecule has 0 amide bonds. The van der Waals surface area contributed by atoms with E-state index in [0.29, 0.717) is 21.7 Å². The number of nitrogens with two attached hydrogens (primary N) is 1. The molecule has 0 unspecified atom stereocenters. The highest BCUT2D eigenvalue weighted by Gasteiger charge is 1.98. The lowest BCUT2D eigenvalue weighted by molar-refractivity contribution is 1.49. The molecule has 0 aromatic heterocycles. The van der Waals surface area contributed by atoms with Gasteiger partial charge in [0.2, 0.25) is 7.98 Å². The standard InChI is InChI=1S/C6H6B2N2S/c7-3-1-4(9)6(11)2-5(3)10-8/h1-2,10-11H,9H2. The van der Waals surface area contributed by atoms with E-state index in [1.807, 2.05) is 0 Å². The van der Waals surface area contributed by atoms with Crippen LogP contribution in [0.5, 0.6) is 0 Å². The van der Waals surface area contributed by atoms with Crippen molar-refractivity contribution in [2.75, 3.05) is 11.0 Å². The van der Waals surface area contributed by atoms with Crippen LogP contribution in [-0.2, 0) is 0 Å². The first-order chi connectivity index (χ1) is 5.15. The number of benzene rings is 1. The summed E-state index contributed by atoms with van der Waals surface area (Å²) in [6.45, 7) is 0. The normalized spacial score (nSPS) is 9.55. The summed E-state index contributed by atoms with van der Waals surface area (Å²) >= 11 is 4.09. The van der Waals surface area contributed by atoms with Crippen molar-refractivity contribution in [1.29, 1.82) is 0 Å². The average molecular weight is 160 g/mol. The van der Waals surface area contributed by atoms with Crippen molar-refractivity contribution in [2.24, 2.45) is 0 Å². The summed E-state index contributed by atoms with van der Waals surface area (Å²) in [5.74, 6) is 0. The molecule has 0 aliphatic rings. The highest BCUT2D eigenvalue weighted by Crippen LogP contribution is 2.18. The molecule has 0 saturated heterocycles. The third kappa shape index (κ3) is 1.66. The largest absolute Gasteiger partial charge is 0.438 e. The third-order valence-electron chi connectivity index (χ3n) is 1.35. The predicted molar refractivity (Wildman–Crippen MR) is 52.9 cm³/mol. The van der Waals surface area contributed by atoms with Crippen LogP contribution < -0.4 is 16.4 Å². The average Bonchev–Trinajstić information content (AvgIpc) is 1.97. The molecule has 0 aliphatic heterocycles. The van der Waals surface area contributed by atoms with E-state index >= 15 is 0 Å². The maximum atomic E-state index is 5.54. The summed E-state index contributed by atoms with van der Waals surface area (Å²) in [6, 6.07) is 3.28. The molecule has 1 rings (SSSR count). The van der Waals surface area contributed by atoms with Crippen molar-refractivity contribution in [2.45, 2.75) is 4.90 Å². The Morgan fingerprint density at radius 3 is 2.64 bits per heavy atom. The highest BCUT2D eigenvalue weighted by atomic mass is 32.1. The van der Waals surface area contributed by atoms with Gasteiger partial charge in [0.05, 0.1) is 0 Å². The Morgan fingerprint density at radius 1 is 1.45 bits per heavy atom. The van der Waals surface area contributed by atoms with Crippen LogP contribution in [0, 0.1) is 0 Å². The number of rotatable bonds is 1. The van der Waals surface area contributed by atoms with Gasteiger partial charge in [0.15, 0.2) is 0 Å². The molecular weight excluding hydrogens is 154 g/mol. The van der Waals surface area contributed by atoms with E-state index in [4.69, 9.17) is 21.6 Å². The topological polar surface area (TPSA) is 38.0 Å². The Bertz CT molecular complexity index is 278. The van der Waals surface area contributed by atoms with Crippen molar-refractivity contribution < 1.29 is 0 Å². The summed E-state index contributed by atoms with van der Waals surface area (Å²) in [5, 5.41) is 2.43. The molecule has 5 heteroatoms. The second-order valence-electron chi connectivity index (χ2n) is 2.14. The number of nitrogens with one attached hydrogen (secondary N) is 1. The van der Waals surface area contributed by atoms with E-state index in [0.717, 1.165) is 0 Å². The van der Waals surface area contributed by atoms with Crippen molar-refractivity contribution in [3.8, 4) is 0 Å². The van der Waals surface area contributed by atoms with E-state index in [1.54, 1.807) is 12.1 Å². The van der Waals surface area contributed by atoms with Crippen LogP contribution in [0.25, 0.3) is 0 Å². The smallest absolute Gasteiger partial charge is 0.222 e. The molecule has 0 fully saturated rings. The van der Waals surface area contributed by atoms with E-state index < -0.39 is 0 Å². The molecule has 4 radical (unpaired) electrons.